The van der Waals surface area contributed by atoms with Crippen molar-refractivity contribution in [3.8, 4) is 0 Å². The number of hydrogen-bond donors (Lipinski definition) is 2. The van der Waals surface area contributed by atoms with E-state index in [1.165, 1.54) is 6.42 Å². The van der Waals surface area contributed by atoms with Gasteiger partial charge in [0.15, 0.2) is 5.96 Å². The van der Waals surface area contributed by atoms with Crippen LogP contribution in [0.3, 0.4) is 0 Å². The highest BCUT2D eigenvalue weighted by Gasteiger charge is 2.30. The number of piperazine rings is 1. The number of aliphatic imine (C=N–C) groups is 1. The predicted molar refractivity (Wildman–Crippen MR) is 133 cm³/mol. The number of hydrogen-bond acceptors (Lipinski definition) is 4. The molecule has 0 atom stereocenters. The van der Waals surface area contributed by atoms with Crippen LogP contribution in [0.1, 0.15) is 31.7 Å². The van der Waals surface area contributed by atoms with Gasteiger partial charge in [0, 0.05) is 57.9 Å². The smallest absolute Gasteiger partial charge is 0.225 e. The molecule has 1 saturated carbocycles. The van der Waals surface area contributed by atoms with E-state index in [1.807, 2.05) is 18.3 Å². The lowest BCUT2D eigenvalue weighted by Crippen LogP contribution is -2.51. The average Bonchev–Trinajstić information content (AvgIpc) is 2.68. The number of halogens is 2. The molecule has 0 radical (unpaired) electrons. The predicted octanol–water partition coefficient (Wildman–Crippen LogP) is 2.39. The lowest BCUT2D eigenvalue weighted by Gasteiger charge is -2.38. The topological polar surface area (TPSA) is 72.9 Å². The Labute approximate surface area is 202 Å². The number of carbonyl (C=O) groups excluding carboxylic acids is 1. The summed E-state index contributed by atoms with van der Waals surface area (Å²) in [5.41, 5.74) is 1.15. The van der Waals surface area contributed by atoms with Crippen LogP contribution in [0.15, 0.2) is 23.3 Å². The van der Waals surface area contributed by atoms with E-state index < -0.39 is 0 Å². The highest BCUT2D eigenvalue weighted by molar-refractivity contribution is 14.0. The third-order valence-electron chi connectivity index (χ3n) is 5.66. The molecule has 0 bridgehead atoms. The molecule has 1 aromatic rings. The number of amides is 1. The van der Waals surface area contributed by atoms with E-state index in [9.17, 15) is 4.79 Å². The van der Waals surface area contributed by atoms with Crippen LogP contribution in [0, 0.1) is 5.92 Å². The van der Waals surface area contributed by atoms with E-state index >= 15 is 0 Å². The van der Waals surface area contributed by atoms with Crippen LogP contribution in [-0.2, 0) is 11.2 Å². The molecular weight excluding hydrogens is 515 g/mol. The summed E-state index contributed by atoms with van der Waals surface area (Å²) in [6.07, 6.45) is 6.06. The number of carbonyl (C=O) groups is 1. The van der Waals surface area contributed by atoms with Crippen LogP contribution < -0.4 is 10.6 Å². The van der Waals surface area contributed by atoms with Crippen molar-refractivity contribution in [1.29, 1.82) is 0 Å². The van der Waals surface area contributed by atoms with E-state index in [1.54, 1.807) is 0 Å². The quantitative estimate of drug-likeness (QED) is 0.226. The lowest BCUT2D eigenvalue weighted by atomic mass is 9.84. The van der Waals surface area contributed by atoms with Crippen molar-refractivity contribution < 1.29 is 4.79 Å². The Morgan fingerprint density at radius 3 is 2.60 bits per heavy atom. The third kappa shape index (κ3) is 7.85. The summed E-state index contributed by atoms with van der Waals surface area (Å²) in [6, 6.07) is 3.81. The molecule has 0 spiro atoms. The van der Waals surface area contributed by atoms with Gasteiger partial charge in [-0.15, -0.1) is 24.0 Å². The molecule has 2 fully saturated rings. The maximum atomic E-state index is 12.3. The SMILES string of the molecule is CCNC(=NCCN1CCN(C(=O)C2CCC2)CC1)NCCc1ccc(Cl)nc1.I. The summed E-state index contributed by atoms with van der Waals surface area (Å²) in [7, 11) is 0. The lowest BCUT2D eigenvalue weighted by molar-refractivity contribution is -0.139. The Morgan fingerprint density at radius 2 is 2.00 bits per heavy atom. The van der Waals surface area contributed by atoms with Crippen molar-refractivity contribution >= 4 is 47.4 Å². The van der Waals surface area contributed by atoms with E-state index in [-0.39, 0.29) is 24.0 Å². The van der Waals surface area contributed by atoms with Crippen molar-refractivity contribution in [3.05, 3.63) is 29.0 Å². The maximum Gasteiger partial charge on any atom is 0.225 e. The van der Waals surface area contributed by atoms with Crippen molar-refractivity contribution in [3.63, 3.8) is 0 Å². The molecule has 168 valence electrons. The molecule has 1 saturated heterocycles. The Kier molecular flexibility index (Phi) is 11.2. The molecule has 0 unspecified atom stereocenters. The van der Waals surface area contributed by atoms with E-state index in [4.69, 9.17) is 16.6 Å². The van der Waals surface area contributed by atoms with Crippen molar-refractivity contribution in [2.24, 2.45) is 10.9 Å². The van der Waals surface area contributed by atoms with Gasteiger partial charge in [-0.1, -0.05) is 24.1 Å². The van der Waals surface area contributed by atoms with Gasteiger partial charge >= 0.3 is 0 Å². The van der Waals surface area contributed by atoms with Gasteiger partial charge in [-0.25, -0.2) is 4.98 Å². The van der Waals surface area contributed by atoms with Crippen molar-refractivity contribution in [2.75, 3.05) is 52.4 Å². The van der Waals surface area contributed by atoms with Crippen LogP contribution >= 0.6 is 35.6 Å². The second-order valence-corrected chi connectivity index (χ2v) is 8.11. The minimum absolute atomic E-state index is 0. The number of nitrogens with one attached hydrogen (secondary N) is 2. The summed E-state index contributed by atoms with van der Waals surface area (Å²) in [5.74, 6) is 1.53. The van der Waals surface area contributed by atoms with Gasteiger partial charge in [0.2, 0.25) is 5.91 Å². The second-order valence-electron chi connectivity index (χ2n) is 7.72. The van der Waals surface area contributed by atoms with Gasteiger partial charge in [0.05, 0.1) is 6.54 Å². The molecular formula is C21H34ClIN6O. The summed E-state index contributed by atoms with van der Waals surface area (Å²) in [4.78, 5) is 25.6. The zero-order valence-corrected chi connectivity index (χ0v) is 20.9. The van der Waals surface area contributed by atoms with Crippen LogP contribution in [0.5, 0.6) is 0 Å². The van der Waals surface area contributed by atoms with Crippen molar-refractivity contribution in [2.45, 2.75) is 32.6 Å². The van der Waals surface area contributed by atoms with Gasteiger partial charge in [-0.05, 0) is 37.8 Å². The summed E-state index contributed by atoms with van der Waals surface area (Å²) in [5, 5.41) is 7.19. The number of rotatable bonds is 8. The molecule has 7 nitrogen and oxygen atoms in total. The Hall–Kier alpha value is -1.13. The van der Waals surface area contributed by atoms with Crippen molar-refractivity contribution in [1.82, 2.24) is 25.4 Å². The van der Waals surface area contributed by atoms with Gasteiger partial charge in [0.1, 0.15) is 5.15 Å². The van der Waals surface area contributed by atoms with Crippen LogP contribution in [0.4, 0.5) is 0 Å². The second kappa shape index (κ2) is 13.3. The fourth-order valence-corrected chi connectivity index (χ4v) is 3.74. The van der Waals surface area contributed by atoms with Gasteiger partial charge < -0.3 is 15.5 Å². The van der Waals surface area contributed by atoms with E-state index in [0.29, 0.717) is 17.0 Å². The fraction of sp³-hybridized carbons (Fsp3) is 0.667. The van der Waals surface area contributed by atoms with Gasteiger partial charge in [-0.3, -0.25) is 14.7 Å². The maximum absolute atomic E-state index is 12.3. The molecule has 30 heavy (non-hydrogen) atoms. The number of guanidine groups is 1. The molecule has 1 amide bonds. The first-order valence-electron chi connectivity index (χ1n) is 10.8. The van der Waals surface area contributed by atoms with Crippen LogP contribution in [0.2, 0.25) is 5.15 Å². The Balaban J connectivity index is 0.00000320. The van der Waals surface area contributed by atoms with Crippen LogP contribution in [0.25, 0.3) is 0 Å². The van der Waals surface area contributed by atoms with E-state index in [0.717, 1.165) is 83.1 Å². The summed E-state index contributed by atoms with van der Waals surface area (Å²) in [6.45, 7) is 8.95. The molecule has 2 heterocycles. The first kappa shape index (κ1) is 25.1. The Morgan fingerprint density at radius 1 is 1.23 bits per heavy atom. The molecule has 2 aliphatic rings. The molecule has 2 N–H and O–H groups in total. The van der Waals surface area contributed by atoms with Gasteiger partial charge in [0.25, 0.3) is 0 Å². The largest absolute Gasteiger partial charge is 0.357 e. The van der Waals surface area contributed by atoms with Crippen LogP contribution in [-0.4, -0.2) is 79.0 Å². The molecule has 1 aliphatic carbocycles. The molecule has 1 aliphatic heterocycles. The molecule has 0 aromatic carbocycles. The highest BCUT2D eigenvalue weighted by atomic mass is 127. The number of aromatic nitrogens is 1. The zero-order chi connectivity index (χ0) is 20.5. The highest BCUT2D eigenvalue weighted by Crippen LogP contribution is 2.28. The molecule has 3 rings (SSSR count). The van der Waals surface area contributed by atoms with Gasteiger partial charge in [-0.2, -0.15) is 0 Å². The molecule has 9 heteroatoms. The number of nitrogens with zero attached hydrogens (tertiary/aromatic N) is 4. The normalized spacial score (nSPS) is 17.8. The average molecular weight is 549 g/mol. The third-order valence-corrected chi connectivity index (χ3v) is 5.89. The summed E-state index contributed by atoms with van der Waals surface area (Å²) >= 11 is 5.83. The minimum atomic E-state index is 0. The first-order chi connectivity index (χ1) is 14.2. The zero-order valence-electron chi connectivity index (χ0n) is 17.8. The van der Waals surface area contributed by atoms with E-state index in [2.05, 4.69) is 32.3 Å². The molecule has 1 aromatic heterocycles. The standard InChI is InChI=1S/C21H33ClN6O.HI/c1-2-23-21(24-9-8-17-6-7-19(22)26-16-17)25-10-11-27-12-14-28(15-13-27)20(29)18-4-3-5-18;/h6-7,16,18H,2-5,8-15H2,1H3,(H2,23,24,25);1H. The summed E-state index contributed by atoms with van der Waals surface area (Å²) < 4.78 is 0. The first-order valence-corrected chi connectivity index (χ1v) is 11.2. The fourth-order valence-electron chi connectivity index (χ4n) is 3.63. The minimum Gasteiger partial charge on any atom is -0.357 e. The number of pyridine rings is 1. The monoisotopic (exact) mass is 548 g/mol. The Bertz CT molecular complexity index is 675.